The molecule has 1 aromatic rings. The summed E-state index contributed by atoms with van der Waals surface area (Å²) in [5.74, 6) is 0. The van der Waals surface area contributed by atoms with Crippen LogP contribution in [0.5, 0.6) is 0 Å². The van der Waals surface area contributed by atoms with Gasteiger partial charge in [0.1, 0.15) is 0 Å². The number of rotatable bonds is 2. The lowest BCUT2D eigenvalue weighted by Crippen LogP contribution is -2.12. The quantitative estimate of drug-likeness (QED) is 0.718. The van der Waals surface area contributed by atoms with E-state index in [1.807, 2.05) is 0 Å². The zero-order valence-electron chi connectivity index (χ0n) is 5.25. The molecule has 56 valence electrons. The predicted octanol–water partition coefficient (Wildman–Crippen LogP) is 1.39. The highest BCUT2D eigenvalue weighted by molar-refractivity contribution is 7.10. The van der Waals surface area contributed by atoms with Crippen LogP contribution in [0.15, 0.2) is 11.4 Å². The molecule has 3 N–H and O–H groups in total. The summed E-state index contributed by atoms with van der Waals surface area (Å²) in [6.45, 7) is -0.0309. The molecule has 1 heterocycles. The van der Waals surface area contributed by atoms with Crippen molar-refractivity contribution in [2.75, 3.05) is 6.61 Å². The molecule has 1 atom stereocenters. The SMILES string of the molecule is N[C@@H](CO)c1cc(Cl)cs1. The van der Waals surface area contributed by atoms with E-state index < -0.39 is 0 Å². The van der Waals surface area contributed by atoms with Crippen molar-refractivity contribution in [3.05, 3.63) is 21.3 Å². The topological polar surface area (TPSA) is 46.2 Å². The van der Waals surface area contributed by atoms with Gasteiger partial charge in [0.2, 0.25) is 0 Å². The van der Waals surface area contributed by atoms with E-state index in [1.165, 1.54) is 11.3 Å². The van der Waals surface area contributed by atoms with Crippen molar-refractivity contribution in [3.63, 3.8) is 0 Å². The maximum atomic E-state index is 8.64. The summed E-state index contributed by atoms with van der Waals surface area (Å²) in [6.07, 6.45) is 0. The molecule has 0 aliphatic heterocycles. The van der Waals surface area contributed by atoms with Crippen LogP contribution in [0.25, 0.3) is 0 Å². The monoisotopic (exact) mass is 177 g/mol. The molecule has 0 radical (unpaired) electrons. The second kappa shape index (κ2) is 3.34. The van der Waals surface area contributed by atoms with Crippen molar-refractivity contribution in [1.82, 2.24) is 0 Å². The number of hydrogen-bond donors (Lipinski definition) is 2. The minimum Gasteiger partial charge on any atom is -0.394 e. The Hall–Kier alpha value is -0.0900. The third-order valence-corrected chi connectivity index (χ3v) is 2.56. The minimum atomic E-state index is -0.280. The Kier molecular flexibility index (Phi) is 2.68. The Morgan fingerprint density at radius 1 is 1.80 bits per heavy atom. The molecule has 4 heteroatoms. The third kappa shape index (κ3) is 1.70. The maximum Gasteiger partial charge on any atom is 0.0632 e. The Morgan fingerprint density at radius 2 is 2.50 bits per heavy atom. The van der Waals surface area contributed by atoms with E-state index >= 15 is 0 Å². The zero-order valence-corrected chi connectivity index (χ0v) is 6.82. The summed E-state index contributed by atoms with van der Waals surface area (Å²) in [7, 11) is 0. The lowest BCUT2D eigenvalue weighted by molar-refractivity contribution is 0.269. The van der Waals surface area contributed by atoms with Gasteiger partial charge in [0.25, 0.3) is 0 Å². The average Bonchev–Trinajstić information content (AvgIpc) is 2.34. The number of aliphatic hydroxyl groups is 1. The second-order valence-corrected chi connectivity index (χ2v) is 3.34. The Bertz CT molecular complexity index is 213. The standard InChI is InChI=1S/C6H8ClNOS/c7-4-1-6(10-3-4)5(8)2-9/h1,3,5,9H,2,8H2/t5-/m0/s1. The highest BCUT2D eigenvalue weighted by Gasteiger charge is 2.05. The van der Waals surface area contributed by atoms with Gasteiger partial charge in [-0.15, -0.1) is 11.3 Å². The van der Waals surface area contributed by atoms with Crippen molar-refractivity contribution in [2.24, 2.45) is 5.73 Å². The highest BCUT2D eigenvalue weighted by Crippen LogP contribution is 2.23. The van der Waals surface area contributed by atoms with Crippen molar-refractivity contribution in [1.29, 1.82) is 0 Å². The summed E-state index contributed by atoms with van der Waals surface area (Å²) in [6, 6.07) is 1.49. The fraction of sp³-hybridized carbons (Fsp3) is 0.333. The Balaban J connectivity index is 2.74. The summed E-state index contributed by atoms with van der Waals surface area (Å²) in [5, 5.41) is 11.1. The van der Waals surface area contributed by atoms with Crippen LogP contribution in [-0.4, -0.2) is 11.7 Å². The van der Waals surface area contributed by atoms with Crippen LogP contribution in [0, 0.1) is 0 Å². The molecule has 0 unspecified atom stereocenters. The molecular formula is C6H8ClNOS. The van der Waals surface area contributed by atoms with Gasteiger partial charge in [-0.25, -0.2) is 0 Å². The normalized spacial score (nSPS) is 13.5. The van der Waals surface area contributed by atoms with E-state index in [-0.39, 0.29) is 12.6 Å². The lowest BCUT2D eigenvalue weighted by atomic mass is 10.3. The molecule has 1 rings (SSSR count). The van der Waals surface area contributed by atoms with Gasteiger partial charge in [0.05, 0.1) is 17.7 Å². The first-order valence-corrected chi connectivity index (χ1v) is 4.10. The molecule has 0 saturated carbocycles. The molecule has 0 aliphatic carbocycles. The van der Waals surface area contributed by atoms with Gasteiger partial charge in [0, 0.05) is 10.3 Å². The lowest BCUT2D eigenvalue weighted by Gasteiger charge is -2.02. The number of halogens is 1. The van der Waals surface area contributed by atoms with Gasteiger partial charge in [-0.3, -0.25) is 0 Å². The fourth-order valence-electron chi connectivity index (χ4n) is 0.613. The van der Waals surface area contributed by atoms with Gasteiger partial charge < -0.3 is 10.8 Å². The van der Waals surface area contributed by atoms with Crippen LogP contribution < -0.4 is 5.73 Å². The van der Waals surface area contributed by atoms with Crippen molar-refractivity contribution < 1.29 is 5.11 Å². The number of hydrogen-bond acceptors (Lipinski definition) is 3. The molecule has 0 aromatic carbocycles. The first-order valence-electron chi connectivity index (χ1n) is 2.84. The summed E-state index contributed by atoms with van der Waals surface area (Å²) < 4.78 is 0. The van der Waals surface area contributed by atoms with Crippen LogP contribution in [-0.2, 0) is 0 Å². The van der Waals surface area contributed by atoms with Crippen LogP contribution in [0.1, 0.15) is 10.9 Å². The van der Waals surface area contributed by atoms with Gasteiger partial charge in [-0.1, -0.05) is 11.6 Å². The van der Waals surface area contributed by atoms with Crippen molar-refractivity contribution in [2.45, 2.75) is 6.04 Å². The maximum absolute atomic E-state index is 8.64. The van der Waals surface area contributed by atoms with Crippen LogP contribution >= 0.6 is 22.9 Å². The van der Waals surface area contributed by atoms with E-state index in [0.717, 1.165) is 4.88 Å². The zero-order chi connectivity index (χ0) is 7.56. The average molecular weight is 178 g/mol. The highest BCUT2D eigenvalue weighted by atomic mass is 35.5. The molecule has 0 amide bonds. The first-order chi connectivity index (χ1) is 4.74. The predicted molar refractivity (Wildman–Crippen MR) is 43.3 cm³/mol. The first kappa shape index (κ1) is 8.01. The Labute approximate surface area is 68.2 Å². The van der Waals surface area contributed by atoms with E-state index in [0.29, 0.717) is 5.02 Å². The van der Waals surface area contributed by atoms with Crippen molar-refractivity contribution >= 4 is 22.9 Å². The van der Waals surface area contributed by atoms with Gasteiger partial charge >= 0.3 is 0 Å². The smallest absolute Gasteiger partial charge is 0.0632 e. The molecule has 0 saturated heterocycles. The van der Waals surface area contributed by atoms with Gasteiger partial charge in [-0.05, 0) is 6.07 Å². The summed E-state index contributed by atoms with van der Waals surface area (Å²) in [5.41, 5.74) is 5.51. The third-order valence-electron chi connectivity index (χ3n) is 1.15. The van der Waals surface area contributed by atoms with Gasteiger partial charge in [-0.2, -0.15) is 0 Å². The number of thiophene rings is 1. The van der Waals surface area contributed by atoms with Crippen molar-refractivity contribution in [3.8, 4) is 0 Å². The molecular weight excluding hydrogens is 170 g/mol. The molecule has 1 aromatic heterocycles. The van der Waals surface area contributed by atoms with E-state index in [2.05, 4.69) is 0 Å². The second-order valence-electron chi connectivity index (χ2n) is 1.96. The number of aliphatic hydroxyl groups excluding tert-OH is 1. The van der Waals surface area contributed by atoms with E-state index in [4.69, 9.17) is 22.4 Å². The molecule has 0 aliphatic rings. The fourth-order valence-corrected chi connectivity index (χ4v) is 1.69. The summed E-state index contributed by atoms with van der Waals surface area (Å²) >= 11 is 7.10. The Morgan fingerprint density at radius 3 is 2.90 bits per heavy atom. The summed E-state index contributed by atoms with van der Waals surface area (Å²) in [4.78, 5) is 0.924. The van der Waals surface area contributed by atoms with E-state index in [1.54, 1.807) is 11.4 Å². The molecule has 0 fully saturated rings. The molecule has 10 heavy (non-hydrogen) atoms. The largest absolute Gasteiger partial charge is 0.394 e. The van der Waals surface area contributed by atoms with E-state index in [9.17, 15) is 0 Å². The van der Waals surface area contributed by atoms with Crippen LogP contribution in [0.4, 0.5) is 0 Å². The molecule has 0 spiro atoms. The molecule has 2 nitrogen and oxygen atoms in total. The van der Waals surface area contributed by atoms with Gasteiger partial charge in [0.15, 0.2) is 0 Å². The van der Waals surface area contributed by atoms with Crippen LogP contribution in [0.3, 0.4) is 0 Å². The minimum absolute atomic E-state index is 0.0309. The van der Waals surface area contributed by atoms with Crippen LogP contribution in [0.2, 0.25) is 5.02 Å². The molecule has 0 bridgehead atoms. The number of nitrogens with two attached hydrogens (primary N) is 1.